The van der Waals surface area contributed by atoms with Gasteiger partial charge < -0.3 is 10.1 Å². The van der Waals surface area contributed by atoms with Crippen molar-refractivity contribution in [1.82, 2.24) is 15.1 Å². The Hall–Kier alpha value is -3.15. The molecule has 2 aromatic carbocycles. The number of aryl methyl sites for hydroxylation is 1. The van der Waals surface area contributed by atoms with Gasteiger partial charge in [-0.15, -0.1) is 0 Å². The van der Waals surface area contributed by atoms with Gasteiger partial charge in [-0.25, -0.2) is 9.07 Å². The number of fused-ring (bicyclic) bond motifs is 1. The van der Waals surface area contributed by atoms with E-state index in [1.807, 2.05) is 24.3 Å². The molecule has 0 bridgehead atoms. The summed E-state index contributed by atoms with van der Waals surface area (Å²) in [6.07, 6.45) is 5.35. The molecule has 4 rings (SSSR count). The van der Waals surface area contributed by atoms with Crippen LogP contribution in [0.2, 0.25) is 0 Å². The van der Waals surface area contributed by atoms with Crippen molar-refractivity contribution in [1.29, 1.82) is 0 Å². The zero-order valence-electron chi connectivity index (χ0n) is 16.4. The molecule has 0 aliphatic heterocycles. The van der Waals surface area contributed by atoms with E-state index in [1.54, 1.807) is 36.2 Å². The lowest BCUT2D eigenvalue weighted by Crippen LogP contribution is -2.31. The van der Waals surface area contributed by atoms with E-state index >= 15 is 0 Å². The van der Waals surface area contributed by atoms with E-state index < -0.39 is 0 Å². The number of para-hydroxylation sites is 2. The predicted octanol–water partition coefficient (Wildman–Crippen LogP) is 4.15. The van der Waals surface area contributed by atoms with Crippen molar-refractivity contribution in [3.63, 3.8) is 0 Å². The summed E-state index contributed by atoms with van der Waals surface area (Å²) in [6, 6.07) is 14.3. The molecule has 1 amide bonds. The molecular weight excluding hydrogens is 369 g/mol. The molecular formula is C23H24FN3O2. The third-order valence-electron chi connectivity index (χ3n) is 5.41. The first-order valence-electron chi connectivity index (χ1n) is 9.90. The van der Waals surface area contributed by atoms with E-state index in [1.165, 1.54) is 6.07 Å². The first kappa shape index (κ1) is 19.2. The molecule has 1 aliphatic carbocycles. The number of carbonyl (C=O) groups excluding carboxylic acids is 1. The van der Waals surface area contributed by atoms with Crippen LogP contribution in [0.5, 0.6) is 5.75 Å². The van der Waals surface area contributed by atoms with Gasteiger partial charge in [-0.1, -0.05) is 30.3 Å². The summed E-state index contributed by atoms with van der Waals surface area (Å²) < 4.78 is 21.2. The second kappa shape index (κ2) is 8.47. The van der Waals surface area contributed by atoms with Gasteiger partial charge in [0.2, 0.25) is 5.91 Å². The summed E-state index contributed by atoms with van der Waals surface area (Å²) in [5.74, 6) is 0.486. The average molecular weight is 393 g/mol. The van der Waals surface area contributed by atoms with Crippen molar-refractivity contribution in [3.05, 3.63) is 77.4 Å². The quantitative estimate of drug-likeness (QED) is 0.685. The Bertz CT molecular complexity index is 1010. The molecule has 0 spiro atoms. The van der Waals surface area contributed by atoms with Crippen LogP contribution >= 0.6 is 0 Å². The maximum atomic E-state index is 14.2. The lowest BCUT2D eigenvalue weighted by molar-refractivity contribution is -0.121. The largest absolute Gasteiger partial charge is 0.496 e. The predicted molar refractivity (Wildman–Crippen MR) is 109 cm³/mol. The Morgan fingerprint density at radius 1 is 1.24 bits per heavy atom. The van der Waals surface area contributed by atoms with Crippen molar-refractivity contribution in [2.24, 2.45) is 0 Å². The fraction of sp³-hybridized carbons (Fsp3) is 0.304. The Balaban J connectivity index is 1.46. The van der Waals surface area contributed by atoms with Crippen molar-refractivity contribution in [3.8, 4) is 11.4 Å². The minimum Gasteiger partial charge on any atom is -0.496 e. The standard InChI is InChI=1S/C23H24FN3O2/c1-29-22-12-5-2-7-16(22)13-14-23(28)26-19-9-6-11-20-17(19)15-25-27(20)21-10-4-3-8-18(21)24/h2-5,7-8,10,12,15,19H,6,9,11,13-14H2,1H3,(H,26,28). The molecule has 0 fully saturated rings. The van der Waals surface area contributed by atoms with Crippen molar-refractivity contribution in [2.45, 2.75) is 38.1 Å². The highest BCUT2D eigenvalue weighted by Crippen LogP contribution is 2.31. The Kier molecular flexibility index (Phi) is 5.60. The van der Waals surface area contributed by atoms with Crippen LogP contribution in [0.15, 0.2) is 54.7 Å². The minimum absolute atomic E-state index is 0.00704. The monoisotopic (exact) mass is 393 g/mol. The number of amides is 1. The molecule has 1 aromatic heterocycles. The van der Waals surface area contributed by atoms with Gasteiger partial charge in [-0.2, -0.15) is 5.10 Å². The minimum atomic E-state index is -0.304. The number of rotatable bonds is 6. The summed E-state index contributed by atoms with van der Waals surface area (Å²) in [5, 5.41) is 7.55. The first-order valence-corrected chi connectivity index (χ1v) is 9.90. The van der Waals surface area contributed by atoms with Crippen LogP contribution in [0.3, 0.4) is 0 Å². The smallest absolute Gasteiger partial charge is 0.220 e. The van der Waals surface area contributed by atoms with Crippen LogP contribution in [0.25, 0.3) is 5.69 Å². The number of hydrogen-bond acceptors (Lipinski definition) is 3. The average Bonchev–Trinajstić information content (AvgIpc) is 3.18. The molecule has 150 valence electrons. The van der Waals surface area contributed by atoms with Gasteiger partial charge in [0.25, 0.3) is 0 Å². The molecule has 6 heteroatoms. The molecule has 1 N–H and O–H groups in total. The number of ether oxygens (including phenoxy) is 1. The van der Waals surface area contributed by atoms with Crippen LogP contribution in [0, 0.1) is 5.82 Å². The molecule has 0 radical (unpaired) electrons. The van der Waals surface area contributed by atoms with Crippen LogP contribution in [0.1, 0.15) is 42.1 Å². The highest BCUT2D eigenvalue weighted by molar-refractivity contribution is 5.77. The number of methoxy groups -OCH3 is 1. The normalized spacial score (nSPS) is 15.6. The van der Waals surface area contributed by atoms with E-state index in [-0.39, 0.29) is 17.8 Å². The number of benzene rings is 2. The number of nitrogens with zero attached hydrogens (tertiary/aromatic N) is 2. The summed E-state index contributed by atoms with van der Waals surface area (Å²) in [4.78, 5) is 12.6. The molecule has 29 heavy (non-hydrogen) atoms. The van der Waals surface area contributed by atoms with Crippen molar-refractivity contribution >= 4 is 5.91 Å². The summed E-state index contributed by atoms with van der Waals surface area (Å²) >= 11 is 0. The zero-order chi connectivity index (χ0) is 20.2. The molecule has 1 unspecified atom stereocenters. The number of halogens is 1. The maximum absolute atomic E-state index is 14.2. The molecule has 1 heterocycles. The fourth-order valence-electron chi connectivity index (χ4n) is 3.96. The van der Waals surface area contributed by atoms with E-state index in [2.05, 4.69) is 10.4 Å². The van der Waals surface area contributed by atoms with E-state index in [0.29, 0.717) is 18.5 Å². The fourth-order valence-corrected chi connectivity index (χ4v) is 3.96. The molecule has 0 saturated carbocycles. The molecule has 1 atom stereocenters. The van der Waals surface area contributed by atoms with Gasteiger partial charge in [0.05, 0.1) is 19.3 Å². The third-order valence-corrected chi connectivity index (χ3v) is 5.41. The summed E-state index contributed by atoms with van der Waals surface area (Å²) in [7, 11) is 1.63. The lowest BCUT2D eigenvalue weighted by Gasteiger charge is -2.24. The Morgan fingerprint density at radius 2 is 2.03 bits per heavy atom. The van der Waals surface area contributed by atoms with Gasteiger partial charge >= 0.3 is 0 Å². The zero-order valence-corrected chi connectivity index (χ0v) is 16.4. The molecule has 1 aliphatic rings. The van der Waals surface area contributed by atoms with Crippen LogP contribution in [-0.4, -0.2) is 22.8 Å². The number of carbonyl (C=O) groups is 1. The second-order valence-electron chi connectivity index (χ2n) is 7.23. The number of aromatic nitrogens is 2. The third kappa shape index (κ3) is 4.01. The lowest BCUT2D eigenvalue weighted by atomic mass is 9.92. The topological polar surface area (TPSA) is 56.1 Å². The number of nitrogens with one attached hydrogen (secondary N) is 1. The molecule has 3 aromatic rings. The summed E-state index contributed by atoms with van der Waals surface area (Å²) in [5.41, 5.74) is 3.40. The Morgan fingerprint density at radius 3 is 2.86 bits per heavy atom. The van der Waals surface area contributed by atoms with E-state index in [0.717, 1.165) is 41.8 Å². The van der Waals surface area contributed by atoms with E-state index in [9.17, 15) is 9.18 Å². The number of hydrogen-bond donors (Lipinski definition) is 1. The first-order chi connectivity index (χ1) is 14.2. The van der Waals surface area contributed by atoms with E-state index in [4.69, 9.17) is 4.74 Å². The summed E-state index contributed by atoms with van der Waals surface area (Å²) in [6.45, 7) is 0. The SMILES string of the molecule is COc1ccccc1CCC(=O)NC1CCCc2c1cnn2-c1ccccc1F. The van der Waals surface area contributed by atoms with Gasteiger partial charge in [-0.05, 0) is 49.4 Å². The van der Waals surface area contributed by atoms with Gasteiger partial charge in [0.15, 0.2) is 0 Å². The molecule has 0 saturated heterocycles. The highest BCUT2D eigenvalue weighted by atomic mass is 19.1. The van der Waals surface area contributed by atoms with Crippen molar-refractivity contribution in [2.75, 3.05) is 7.11 Å². The van der Waals surface area contributed by atoms with Crippen LogP contribution in [-0.2, 0) is 17.6 Å². The van der Waals surface area contributed by atoms with Gasteiger partial charge in [0, 0.05) is 17.7 Å². The van der Waals surface area contributed by atoms with Gasteiger partial charge in [-0.3, -0.25) is 4.79 Å². The highest BCUT2D eigenvalue weighted by Gasteiger charge is 2.26. The second-order valence-corrected chi connectivity index (χ2v) is 7.23. The van der Waals surface area contributed by atoms with Gasteiger partial charge in [0.1, 0.15) is 17.3 Å². The maximum Gasteiger partial charge on any atom is 0.220 e. The molecule has 5 nitrogen and oxygen atoms in total. The van der Waals surface area contributed by atoms with Crippen LogP contribution < -0.4 is 10.1 Å². The van der Waals surface area contributed by atoms with Crippen LogP contribution in [0.4, 0.5) is 4.39 Å². The van der Waals surface area contributed by atoms with Crippen molar-refractivity contribution < 1.29 is 13.9 Å². The Labute approximate surface area is 169 Å².